The highest BCUT2D eigenvalue weighted by Gasteiger charge is 2.04. The van der Waals surface area contributed by atoms with Crippen molar-refractivity contribution in [3.05, 3.63) is 60.2 Å². The summed E-state index contributed by atoms with van der Waals surface area (Å²) in [5, 5.41) is 18.7. The van der Waals surface area contributed by atoms with Gasteiger partial charge in [0.1, 0.15) is 13.2 Å². The van der Waals surface area contributed by atoms with Crippen LogP contribution in [0.4, 0.5) is 16.2 Å². The van der Waals surface area contributed by atoms with Gasteiger partial charge < -0.3 is 15.2 Å². The van der Waals surface area contributed by atoms with Gasteiger partial charge in [-0.2, -0.15) is 10.2 Å². The molecule has 0 bridgehead atoms. The third-order valence-electron chi connectivity index (χ3n) is 2.73. The highest BCUT2D eigenvalue weighted by molar-refractivity contribution is 5.76. The molecule has 0 aliphatic heterocycles. The van der Waals surface area contributed by atoms with E-state index in [-0.39, 0.29) is 6.61 Å². The number of carboxylic acids is 1. The molecule has 2 aromatic rings. The SMILES string of the molecule is O=C(O)CNC(=O)OCc1ccc(N=Nc2ccccc2)cc1. The first-order chi connectivity index (χ1) is 11.1. The van der Waals surface area contributed by atoms with Crippen molar-refractivity contribution < 1.29 is 19.4 Å². The van der Waals surface area contributed by atoms with E-state index >= 15 is 0 Å². The van der Waals surface area contributed by atoms with E-state index in [0.717, 1.165) is 11.3 Å². The Labute approximate surface area is 132 Å². The molecule has 2 N–H and O–H groups in total. The normalized spacial score (nSPS) is 10.4. The molecule has 0 aliphatic carbocycles. The van der Waals surface area contributed by atoms with Crippen molar-refractivity contribution in [2.75, 3.05) is 6.54 Å². The quantitative estimate of drug-likeness (QED) is 0.798. The lowest BCUT2D eigenvalue weighted by molar-refractivity contribution is -0.135. The van der Waals surface area contributed by atoms with E-state index < -0.39 is 18.6 Å². The Morgan fingerprint density at radius 3 is 2.17 bits per heavy atom. The van der Waals surface area contributed by atoms with Crippen molar-refractivity contribution in [2.45, 2.75) is 6.61 Å². The average molecular weight is 313 g/mol. The number of hydrogen-bond acceptors (Lipinski definition) is 5. The van der Waals surface area contributed by atoms with Crippen LogP contribution >= 0.6 is 0 Å². The van der Waals surface area contributed by atoms with Crippen LogP contribution in [0.3, 0.4) is 0 Å². The molecule has 0 saturated carbocycles. The molecule has 2 rings (SSSR count). The van der Waals surface area contributed by atoms with Crippen LogP contribution in [0.5, 0.6) is 0 Å². The van der Waals surface area contributed by atoms with Crippen LogP contribution < -0.4 is 5.32 Å². The first-order valence-electron chi connectivity index (χ1n) is 6.81. The van der Waals surface area contributed by atoms with Crippen LogP contribution in [0.1, 0.15) is 5.56 Å². The molecule has 0 fully saturated rings. The van der Waals surface area contributed by atoms with Crippen LogP contribution in [-0.2, 0) is 16.1 Å². The number of carbonyl (C=O) groups is 2. The zero-order chi connectivity index (χ0) is 16.5. The summed E-state index contributed by atoms with van der Waals surface area (Å²) in [7, 11) is 0. The van der Waals surface area contributed by atoms with E-state index in [1.54, 1.807) is 24.3 Å². The minimum absolute atomic E-state index is 0.0432. The van der Waals surface area contributed by atoms with Crippen LogP contribution in [0.25, 0.3) is 0 Å². The monoisotopic (exact) mass is 313 g/mol. The summed E-state index contributed by atoms with van der Waals surface area (Å²) in [6, 6.07) is 16.4. The Morgan fingerprint density at radius 2 is 1.57 bits per heavy atom. The molecular weight excluding hydrogens is 298 g/mol. The fourth-order valence-corrected chi connectivity index (χ4v) is 1.62. The number of carboxylic acid groups (broad SMARTS) is 1. The largest absolute Gasteiger partial charge is 0.480 e. The molecule has 7 heteroatoms. The van der Waals surface area contributed by atoms with E-state index in [0.29, 0.717) is 5.69 Å². The van der Waals surface area contributed by atoms with E-state index in [2.05, 4.69) is 15.5 Å². The zero-order valence-corrected chi connectivity index (χ0v) is 12.2. The Bertz CT molecular complexity index is 684. The summed E-state index contributed by atoms with van der Waals surface area (Å²) >= 11 is 0. The van der Waals surface area contributed by atoms with Gasteiger partial charge in [-0.15, -0.1) is 0 Å². The molecule has 118 valence electrons. The summed E-state index contributed by atoms with van der Waals surface area (Å²) in [5.74, 6) is -1.13. The predicted molar refractivity (Wildman–Crippen MR) is 82.9 cm³/mol. The van der Waals surface area contributed by atoms with Crippen molar-refractivity contribution in [3.63, 3.8) is 0 Å². The topological polar surface area (TPSA) is 100 Å². The number of nitrogens with one attached hydrogen (secondary N) is 1. The predicted octanol–water partition coefficient (Wildman–Crippen LogP) is 3.41. The molecule has 0 saturated heterocycles. The molecule has 0 spiro atoms. The highest BCUT2D eigenvalue weighted by atomic mass is 16.5. The van der Waals surface area contributed by atoms with Gasteiger partial charge in [0.2, 0.25) is 0 Å². The molecule has 0 aliphatic rings. The summed E-state index contributed by atoms with van der Waals surface area (Å²) in [5.41, 5.74) is 2.19. The van der Waals surface area contributed by atoms with Gasteiger partial charge in [-0.05, 0) is 29.8 Å². The number of carbonyl (C=O) groups excluding carboxylic acids is 1. The lowest BCUT2D eigenvalue weighted by Gasteiger charge is -2.05. The summed E-state index contributed by atoms with van der Waals surface area (Å²) in [6.45, 7) is -0.431. The Morgan fingerprint density at radius 1 is 0.957 bits per heavy atom. The van der Waals surface area contributed by atoms with Gasteiger partial charge in [-0.1, -0.05) is 30.3 Å². The van der Waals surface area contributed by atoms with E-state index in [1.807, 2.05) is 30.3 Å². The maximum atomic E-state index is 11.2. The molecule has 0 unspecified atom stereocenters. The number of azo groups is 1. The Hall–Kier alpha value is -3.22. The van der Waals surface area contributed by atoms with E-state index in [1.165, 1.54) is 0 Å². The first-order valence-corrected chi connectivity index (χ1v) is 6.81. The van der Waals surface area contributed by atoms with Gasteiger partial charge in [0.25, 0.3) is 0 Å². The van der Waals surface area contributed by atoms with Crippen LogP contribution in [0.2, 0.25) is 0 Å². The van der Waals surface area contributed by atoms with E-state index in [4.69, 9.17) is 9.84 Å². The summed E-state index contributed by atoms with van der Waals surface area (Å²) in [4.78, 5) is 21.5. The fourth-order valence-electron chi connectivity index (χ4n) is 1.62. The van der Waals surface area contributed by atoms with Crippen molar-refractivity contribution in [2.24, 2.45) is 10.2 Å². The fraction of sp³-hybridized carbons (Fsp3) is 0.125. The smallest absolute Gasteiger partial charge is 0.407 e. The van der Waals surface area contributed by atoms with Gasteiger partial charge >= 0.3 is 12.1 Å². The zero-order valence-electron chi connectivity index (χ0n) is 12.2. The average Bonchev–Trinajstić information content (AvgIpc) is 2.58. The van der Waals surface area contributed by atoms with Gasteiger partial charge in [0.05, 0.1) is 11.4 Å². The second kappa shape index (κ2) is 8.28. The number of hydrogen-bond donors (Lipinski definition) is 2. The van der Waals surface area contributed by atoms with Crippen molar-refractivity contribution in [3.8, 4) is 0 Å². The third-order valence-corrected chi connectivity index (χ3v) is 2.73. The molecule has 0 atom stereocenters. The number of alkyl carbamates (subject to hydrolysis) is 1. The van der Waals surface area contributed by atoms with Crippen molar-refractivity contribution in [1.29, 1.82) is 0 Å². The lowest BCUT2D eigenvalue weighted by atomic mass is 10.2. The van der Waals surface area contributed by atoms with Crippen LogP contribution in [0.15, 0.2) is 64.8 Å². The molecule has 2 aromatic carbocycles. The number of benzene rings is 2. The molecule has 1 amide bonds. The second-order valence-corrected chi connectivity index (χ2v) is 4.53. The number of amides is 1. The van der Waals surface area contributed by atoms with Gasteiger partial charge in [0.15, 0.2) is 0 Å². The van der Waals surface area contributed by atoms with Gasteiger partial charge in [-0.3, -0.25) is 4.79 Å². The number of aliphatic carboxylic acids is 1. The van der Waals surface area contributed by atoms with Crippen molar-refractivity contribution in [1.82, 2.24) is 5.32 Å². The standard InChI is InChI=1S/C16H15N3O4/c20-15(21)10-17-16(22)23-11-12-6-8-14(9-7-12)19-18-13-4-2-1-3-5-13/h1-9H,10-11H2,(H,17,22)(H,20,21). The van der Waals surface area contributed by atoms with E-state index in [9.17, 15) is 9.59 Å². The number of nitrogens with zero attached hydrogens (tertiary/aromatic N) is 2. The van der Waals surface area contributed by atoms with Crippen LogP contribution in [0, 0.1) is 0 Å². The maximum absolute atomic E-state index is 11.2. The Balaban J connectivity index is 1.84. The van der Waals surface area contributed by atoms with Crippen LogP contribution in [-0.4, -0.2) is 23.7 Å². The molecule has 0 aromatic heterocycles. The molecule has 23 heavy (non-hydrogen) atoms. The second-order valence-electron chi connectivity index (χ2n) is 4.53. The number of ether oxygens (including phenoxy) is 1. The van der Waals surface area contributed by atoms with Crippen molar-refractivity contribution >= 4 is 23.4 Å². The van der Waals surface area contributed by atoms with Gasteiger partial charge in [0, 0.05) is 0 Å². The molecule has 0 heterocycles. The first kappa shape index (κ1) is 16.2. The Kier molecular flexibility index (Phi) is 5.81. The molecule has 0 radical (unpaired) electrons. The number of rotatable bonds is 6. The molecular formula is C16H15N3O4. The lowest BCUT2D eigenvalue weighted by Crippen LogP contribution is -2.29. The summed E-state index contributed by atoms with van der Waals surface area (Å²) < 4.78 is 4.88. The third kappa shape index (κ3) is 5.96. The molecule has 7 nitrogen and oxygen atoms in total. The highest BCUT2D eigenvalue weighted by Crippen LogP contribution is 2.18. The van der Waals surface area contributed by atoms with Gasteiger partial charge in [-0.25, -0.2) is 4.79 Å². The maximum Gasteiger partial charge on any atom is 0.407 e. The minimum Gasteiger partial charge on any atom is -0.480 e. The summed E-state index contributed by atoms with van der Waals surface area (Å²) in [6.07, 6.45) is -0.778. The minimum atomic E-state index is -1.13.